The second kappa shape index (κ2) is 3.74. The van der Waals surface area contributed by atoms with Crippen molar-refractivity contribution in [2.24, 2.45) is 0 Å². The Morgan fingerprint density at radius 3 is 2.19 bits per heavy atom. The predicted molar refractivity (Wildman–Crippen MR) is 62.5 cm³/mol. The summed E-state index contributed by atoms with van der Waals surface area (Å²) in [5.74, 6) is 0.158. The zero-order valence-corrected chi connectivity index (χ0v) is 10.0. The van der Waals surface area contributed by atoms with Gasteiger partial charge in [0.15, 0.2) is 11.6 Å². The van der Waals surface area contributed by atoms with Crippen LogP contribution >= 0.6 is 0 Å². The Bertz CT molecular complexity index is 522. The maximum absolute atomic E-state index is 14.1. The van der Waals surface area contributed by atoms with Crippen molar-refractivity contribution in [1.82, 2.24) is 9.55 Å². The fourth-order valence-corrected chi connectivity index (χ4v) is 1.81. The molecular formula is C13H15FN2. The van der Waals surface area contributed by atoms with E-state index in [-0.39, 0.29) is 5.82 Å². The molecule has 0 fully saturated rings. The summed E-state index contributed by atoms with van der Waals surface area (Å²) in [4.78, 5) is 4.19. The predicted octanol–water partition coefficient (Wildman–Crippen LogP) is 3.25. The van der Waals surface area contributed by atoms with Crippen molar-refractivity contribution >= 4 is 0 Å². The average Bonchev–Trinajstić information content (AvgIpc) is 2.57. The van der Waals surface area contributed by atoms with Crippen LogP contribution in [0.4, 0.5) is 4.39 Å². The van der Waals surface area contributed by atoms with Crippen LogP contribution < -0.4 is 0 Å². The molecule has 84 valence electrons. The number of aromatic nitrogens is 2. The minimum atomic E-state index is -0.234. The molecular weight excluding hydrogens is 203 g/mol. The smallest absolute Gasteiger partial charge is 0.173 e. The number of pyridine rings is 1. The average molecular weight is 218 g/mol. The molecule has 0 spiro atoms. The number of aryl methyl sites for hydroxylation is 3. The molecule has 0 amide bonds. The zero-order chi connectivity index (χ0) is 11.9. The van der Waals surface area contributed by atoms with E-state index in [2.05, 4.69) is 4.98 Å². The molecule has 2 nitrogen and oxygen atoms in total. The van der Waals surface area contributed by atoms with E-state index < -0.39 is 0 Å². The van der Waals surface area contributed by atoms with Crippen molar-refractivity contribution in [3.63, 3.8) is 0 Å². The molecule has 0 radical (unpaired) electrons. The van der Waals surface area contributed by atoms with Gasteiger partial charge in [-0.2, -0.15) is 0 Å². The summed E-state index contributed by atoms with van der Waals surface area (Å²) < 4.78 is 15.9. The summed E-state index contributed by atoms with van der Waals surface area (Å²) in [5, 5.41) is 0. The number of hydrogen-bond donors (Lipinski definition) is 0. The molecule has 2 aromatic rings. The molecule has 3 heteroatoms. The summed E-state index contributed by atoms with van der Waals surface area (Å²) in [6.07, 6.45) is 1.71. The Kier molecular flexibility index (Phi) is 2.54. The highest BCUT2D eigenvalue weighted by Gasteiger charge is 2.13. The Morgan fingerprint density at radius 1 is 1.06 bits per heavy atom. The van der Waals surface area contributed by atoms with Crippen LogP contribution in [0.15, 0.2) is 18.3 Å². The Hall–Kier alpha value is -1.64. The molecule has 2 aromatic heterocycles. The molecule has 0 saturated heterocycles. The monoisotopic (exact) mass is 218 g/mol. The molecule has 16 heavy (non-hydrogen) atoms. The van der Waals surface area contributed by atoms with Crippen LogP contribution in [0.3, 0.4) is 0 Å². The van der Waals surface area contributed by atoms with E-state index in [1.807, 2.05) is 37.5 Å². The highest BCUT2D eigenvalue weighted by atomic mass is 19.1. The molecule has 0 unspecified atom stereocenters. The van der Waals surface area contributed by atoms with Crippen molar-refractivity contribution in [2.75, 3.05) is 0 Å². The zero-order valence-electron chi connectivity index (χ0n) is 10.0. The van der Waals surface area contributed by atoms with Gasteiger partial charge in [0.1, 0.15) is 0 Å². The summed E-state index contributed by atoms with van der Waals surface area (Å²) in [6, 6.07) is 3.93. The number of halogens is 1. The summed E-state index contributed by atoms with van der Waals surface area (Å²) in [6.45, 7) is 7.54. The van der Waals surface area contributed by atoms with Crippen molar-refractivity contribution in [3.8, 4) is 5.82 Å². The van der Waals surface area contributed by atoms with Crippen LogP contribution in [0.5, 0.6) is 0 Å². The maximum Gasteiger partial charge on any atom is 0.173 e. The lowest BCUT2D eigenvalue weighted by Gasteiger charge is -2.11. The lowest BCUT2D eigenvalue weighted by Crippen LogP contribution is -2.06. The van der Waals surface area contributed by atoms with Gasteiger partial charge in [-0.1, -0.05) is 0 Å². The van der Waals surface area contributed by atoms with Crippen molar-refractivity contribution in [2.45, 2.75) is 27.7 Å². The lowest BCUT2D eigenvalue weighted by molar-refractivity contribution is 0.595. The molecule has 0 aliphatic rings. The van der Waals surface area contributed by atoms with E-state index in [4.69, 9.17) is 0 Å². The van der Waals surface area contributed by atoms with E-state index in [0.29, 0.717) is 11.4 Å². The molecule has 0 aromatic carbocycles. The van der Waals surface area contributed by atoms with Gasteiger partial charge in [0.25, 0.3) is 0 Å². The SMILES string of the molecule is Cc1cnc(-n2c(C)ccc2C)c(F)c1C. The molecule has 0 saturated carbocycles. The second-order valence-electron chi connectivity index (χ2n) is 4.16. The Labute approximate surface area is 94.8 Å². The van der Waals surface area contributed by atoms with Gasteiger partial charge >= 0.3 is 0 Å². The van der Waals surface area contributed by atoms with Crippen LogP contribution in [0.2, 0.25) is 0 Å². The van der Waals surface area contributed by atoms with Gasteiger partial charge in [0.05, 0.1) is 0 Å². The fourth-order valence-electron chi connectivity index (χ4n) is 1.81. The quantitative estimate of drug-likeness (QED) is 0.718. The highest BCUT2D eigenvalue weighted by molar-refractivity contribution is 5.38. The first-order valence-electron chi connectivity index (χ1n) is 5.29. The third kappa shape index (κ3) is 1.52. The van der Waals surface area contributed by atoms with Gasteiger partial charge in [-0.3, -0.25) is 0 Å². The lowest BCUT2D eigenvalue weighted by atomic mass is 10.1. The van der Waals surface area contributed by atoms with Crippen LogP contribution in [0.25, 0.3) is 5.82 Å². The summed E-state index contributed by atoms with van der Waals surface area (Å²) in [7, 11) is 0. The number of rotatable bonds is 1. The van der Waals surface area contributed by atoms with Gasteiger partial charge in [-0.25, -0.2) is 9.37 Å². The minimum absolute atomic E-state index is 0.234. The third-order valence-electron chi connectivity index (χ3n) is 2.98. The normalized spacial score (nSPS) is 10.8. The van der Waals surface area contributed by atoms with Crippen LogP contribution in [0.1, 0.15) is 22.5 Å². The van der Waals surface area contributed by atoms with E-state index >= 15 is 0 Å². The van der Waals surface area contributed by atoms with Crippen molar-refractivity contribution < 1.29 is 4.39 Å². The van der Waals surface area contributed by atoms with E-state index in [0.717, 1.165) is 17.0 Å². The number of hydrogen-bond acceptors (Lipinski definition) is 1. The van der Waals surface area contributed by atoms with Gasteiger partial charge in [-0.15, -0.1) is 0 Å². The number of nitrogens with zero attached hydrogens (tertiary/aromatic N) is 2. The van der Waals surface area contributed by atoms with Crippen LogP contribution in [-0.2, 0) is 0 Å². The van der Waals surface area contributed by atoms with E-state index in [9.17, 15) is 4.39 Å². The van der Waals surface area contributed by atoms with Gasteiger partial charge < -0.3 is 4.57 Å². The maximum atomic E-state index is 14.1. The van der Waals surface area contributed by atoms with Crippen LogP contribution in [0, 0.1) is 33.5 Å². The topological polar surface area (TPSA) is 17.8 Å². The molecule has 0 N–H and O–H groups in total. The first kappa shape index (κ1) is 10.9. The summed E-state index contributed by atoms with van der Waals surface area (Å²) in [5.41, 5.74) is 3.53. The van der Waals surface area contributed by atoms with Crippen molar-refractivity contribution in [3.05, 3.63) is 46.7 Å². The van der Waals surface area contributed by atoms with Gasteiger partial charge in [0.2, 0.25) is 0 Å². The fraction of sp³-hybridized carbons (Fsp3) is 0.308. The standard InChI is InChI=1S/C13H15FN2/c1-8-7-15-13(12(14)11(8)4)16-9(2)5-6-10(16)3/h5-7H,1-4H3. The largest absolute Gasteiger partial charge is 0.301 e. The molecule has 0 atom stereocenters. The molecule has 0 aliphatic heterocycles. The Balaban J connectivity index is 2.71. The molecule has 2 rings (SSSR count). The third-order valence-corrected chi connectivity index (χ3v) is 2.98. The van der Waals surface area contributed by atoms with E-state index in [1.54, 1.807) is 13.1 Å². The van der Waals surface area contributed by atoms with Crippen LogP contribution in [-0.4, -0.2) is 9.55 Å². The van der Waals surface area contributed by atoms with E-state index in [1.165, 1.54) is 0 Å². The van der Waals surface area contributed by atoms with Crippen molar-refractivity contribution in [1.29, 1.82) is 0 Å². The first-order chi connectivity index (χ1) is 7.52. The Morgan fingerprint density at radius 2 is 1.62 bits per heavy atom. The summed E-state index contributed by atoms with van der Waals surface area (Å²) >= 11 is 0. The minimum Gasteiger partial charge on any atom is -0.301 e. The molecule has 0 bridgehead atoms. The second-order valence-corrected chi connectivity index (χ2v) is 4.16. The molecule has 2 heterocycles. The van der Waals surface area contributed by atoms with Gasteiger partial charge in [-0.05, 0) is 51.0 Å². The first-order valence-corrected chi connectivity index (χ1v) is 5.29. The highest BCUT2D eigenvalue weighted by Crippen LogP contribution is 2.20. The van der Waals surface area contributed by atoms with Gasteiger partial charge in [0, 0.05) is 17.6 Å². The molecule has 0 aliphatic carbocycles.